The molecule has 0 saturated carbocycles. The molecule has 2 amide bonds. The molecule has 0 unspecified atom stereocenters. The van der Waals surface area contributed by atoms with Crippen LogP contribution in [0.3, 0.4) is 0 Å². The molecule has 0 fully saturated rings. The first-order valence-electron chi connectivity index (χ1n) is 6.76. The van der Waals surface area contributed by atoms with E-state index in [1.165, 1.54) is 0 Å². The number of ether oxygens (including phenoxy) is 1. The second-order valence-corrected chi connectivity index (χ2v) is 5.68. The molecule has 1 aromatic carbocycles. The number of carbonyl (C=O) groups is 2. The van der Waals surface area contributed by atoms with Gasteiger partial charge in [0, 0.05) is 11.2 Å². The molecule has 0 bridgehead atoms. The van der Waals surface area contributed by atoms with Crippen LogP contribution in [0.4, 0.5) is 5.69 Å². The van der Waals surface area contributed by atoms with E-state index in [0.29, 0.717) is 5.69 Å². The number of hydrogen-bond donors (Lipinski definition) is 3. The van der Waals surface area contributed by atoms with Gasteiger partial charge in [0.25, 0.3) is 0 Å². The van der Waals surface area contributed by atoms with Crippen molar-refractivity contribution in [3.05, 3.63) is 24.3 Å². The standard InChI is InChI=1S/C15H23N3O3/c1-15(2,3)18-14(20)10-16-9-13(19)17-11-5-7-12(21-4)8-6-11/h5-8,16H,9-10H2,1-4H3,(H,17,19)(H,18,20). The molecule has 6 nitrogen and oxygen atoms in total. The van der Waals surface area contributed by atoms with Crippen molar-refractivity contribution in [3.8, 4) is 5.75 Å². The monoisotopic (exact) mass is 293 g/mol. The minimum Gasteiger partial charge on any atom is -0.497 e. The van der Waals surface area contributed by atoms with E-state index in [9.17, 15) is 9.59 Å². The van der Waals surface area contributed by atoms with Gasteiger partial charge in [0.1, 0.15) is 5.75 Å². The van der Waals surface area contributed by atoms with Crippen LogP contribution in [0.1, 0.15) is 20.8 Å². The first kappa shape index (κ1) is 17.0. The number of rotatable bonds is 6. The van der Waals surface area contributed by atoms with E-state index < -0.39 is 0 Å². The Morgan fingerprint density at radius 2 is 1.62 bits per heavy atom. The number of nitrogens with one attached hydrogen (secondary N) is 3. The highest BCUT2D eigenvalue weighted by Gasteiger charge is 2.13. The summed E-state index contributed by atoms with van der Waals surface area (Å²) in [5.41, 5.74) is 0.408. The van der Waals surface area contributed by atoms with Gasteiger partial charge >= 0.3 is 0 Å². The van der Waals surface area contributed by atoms with Crippen LogP contribution >= 0.6 is 0 Å². The number of methoxy groups -OCH3 is 1. The molecule has 0 heterocycles. The molecule has 21 heavy (non-hydrogen) atoms. The fourth-order valence-corrected chi connectivity index (χ4v) is 1.63. The quantitative estimate of drug-likeness (QED) is 0.735. The fourth-order valence-electron chi connectivity index (χ4n) is 1.63. The molecular formula is C15H23N3O3. The molecule has 0 aromatic heterocycles. The van der Waals surface area contributed by atoms with Crippen molar-refractivity contribution < 1.29 is 14.3 Å². The maximum Gasteiger partial charge on any atom is 0.238 e. The van der Waals surface area contributed by atoms with Gasteiger partial charge in [0.2, 0.25) is 11.8 Å². The normalized spacial score (nSPS) is 10.9. The number of amides is 2. The Bertz CT molecular complexity index is 478. The van der Waals surface area contributed by atoms with Crippen LogP contribution in [-0.4, -0.2) is 37.6 Å². The third kappa shape index (κ3) is 7.31. The predicted octanol–water partition coefficient (Wildman–Crippen LogP) is 1.14. The number of anilines is 1. The maximum absolute atomic E-state index is 11.7. The maximum atomic E-state index is 11.7. The van der Waals surface area contributed by atoms with E-state index in [1.54, 1.807) is 31.4 Å². The van der Waals surface area contributed by atoms with Crippen molar-refractivity contribution in [1.82, 2.24) is 10.6 Å². The van der Waals surface area contributed by atoms with Gasteiger partial charge in [0.15, 0.2) is 0 Å². The molecule has 0 aliphatic heterocycles. The van der Waals surface area contributed by atoms with Crippen molar-refractivity contribution >= 4 is 17.5 Å². The van der Waals surface area contributed by atoms with Crippen molar-refractivity contribution in [2.75, 3.05) is 25.5 Å². The van der Waals surface area contributed by atoms with Crippen LogP contribution in [0, 0.1) is 0 Å². The summed E-state index contributed by atoms with van der Waals surface area (Å²) in [5, 5.41) is 8.34. The van der Waals surface area contributed by atoms with Crippen LogP contribution in [0.5, 0.6) is 5.75 Å². The number of carbonyl (C=O) groups excluding carboxylic acids is 2. The summed E-state index contributed by atoms with van der Waals surface area (Å²) in [5.74, 6) is 0.383. The Hall–Kier alpha value is -2.08. The van der Waals surface area contributed by atoms with Gasteiger partial charge in [-0.1, -0.05) is 0 Å². The predicted molar refractivity (Wildman–Crippen MR) is 82.4 cm³/mol. The first-order valence-corrected chi connectivity index (χ1v) is 6.76. The lowest BCUT2D eigenvalue weighted by atomic mass is 10.1. The molecule has 0 radical (unpaired) electrons. The SMILES string of the molecule is COc1ccc(NC(=O)CNCC(=O)NC(C)(C)C)cc1. The average Bonchev–Trinajstić information content (AvgIpc) is 2.37. The Morgan fingerprint density at radius 3 is 2.14 bits per heavy atom. The molecular weight excluding hydrogens is 270 g/mol. The van der Waals surface area contributed by atoms with Crippen LogP contribution < -0.4 is 20.7 Å². The average molecular weight is 293 g/mol. The lowest BCUT2D eigenvalue weighted by Crippen LogP contribution is -2.45. The molecule has 3 N–H and O–H groups in total. The highest BCUT2D eigenvalue weighted by molar-refractivity contribution is 5.92. The second kappa shape index (κ2) is 7.64. The summed E-state index contributed by atoms with van der Waals surface area (Å²) in [6, 6.07) is 7.03. The highest BCUT2D eigenvalue weighted by atomic mass is 16.5. The van der Waals surface area contributed by atoms with Crippen molar-refractivity contribution in [3.63, 3.8) is 0 Å². The molecule has 1 aromatic rings. The summed E-state index contributed by atoms with van der Waals surface area (Å²) in [6.45, 7) is 5.89. The van der Waals surface area contributed by atoms with E-state index in [1.807, 2.05) is 20.8 Å². The van der Waals surface area contributed by atoms with Gasteiger partial charge < -0.3 is 15.4 Å². The lowest BCUT2D eigenvalue weighted by molar-refractivity contribution is -0.121. The van der Waals surface area contributed by atoms with E-state index in [4.69, 9.17) is 4.74 Å². The van der Waals surface area contributed by atoms with E-state index in [2.05, 4.69) is 16.0 Å². The largest absolute Gasteiger partial charge is 0.497 e. The minimum absolute atomic E-state index is 0.0730. The van der Waals surface area contributed by atoms with Crippen molar-refractivity contribution in [1.29, 1.82) is 0 Å². The van der Waals surface area contributed by atoms with E-state index in [-0.39, 0.29) is 30.4 Å². The minimum atomic E-state index is -0.274. The summed E-state index contributed by atoms with van der Waals surface area (Å²) in [4.78, 5) is 23.2. The lowest BCUT2D eigenvalue weighted by Gasteiger charge is -2.20. The van der Waals surface area contributed by atoms with Gasteiger partial charge in [-0.25, -0.2) is 0 Å². The summed E-state index contributed by atoms with van der Waals surface area (Å²) < 4.78 is 5.04. The fraction of sp³-hybridized carbons (Fsp3) is 0.467. The zero-order valence-corrected chi connectivity index (χ0v) is 12.9. The molecule has 0 spiro atoms. The molecule has 1 rings (SSSR count). The Kier molecular flexibility index (Phi) is 6.17. The van der Waals surface area contributed by atoms with Crippen LogP contribution in [-0.2, 0) is 9.59 Å². The molecule has 6 heteroatoms. The summed E-state index contributed by atoms with van der Waals surface area (Å²) in [6.07, 6.45) is 0. The molecule has 0 saturated heterocycles. The van der Waals surface area contributed by atoms with Gasteiger partial charge in [-0.05, 0) is 45.0 Å². The van der Waals surface area contributed by atoms with E-state index in [0.717, 1.165) is 5.75 Å². The van der Waals surface area contributed by atoms with Crippen molar-refractivity contribution in [2.24, 2.45) is 0 Å². The second-order valence-electron chi connectivity index (χ2n) is 5.68. The third-order valence-electron chi connectivity index (χ3n) is 2.46. The molecule has 0 aliphatic carbocycles. The zero-order valence-electron chi connectivity index (χ0n) is 12.9. The van der Waals surface area contributed by atoms with Gasteiger partial charge in [-0.2, -0.15) is 0 Å². The Balaban J connectivity index is 2.29. The topological polar surface area (TPSA) is 79.5 Å². The number of hydrogen-bond acceptors (Lipinski definition) is 4. The van der Waals surface area contributed by atoms with E-state index >= 15 is 0 Å². The smallest absolute Gasteiger partial charge is 0.238 e. The Morgan fingerprint density at radius 1 is 1.05 bits per heavy atom. The van der Waals surface area contributed by atoms with Crippen molar-refractivity contribution in [2.45, 2.75) is 26.3 Å². The van der Waals surface area contributed by atoms with Crippen LogP contribution in [0.2, 0.25) is 0 Å². The number of benzene rings is 1. The molecule has 116 valence electrons. The van der Waals surface area contributed by atoms with Crippen LogP contribution in [0.15, 0.2) is 24.3 Å². The zero-order chi connectivity index (χ0) is 15.9. The Labute approximate surface area is 125 Å². The van der Waals surface area contributed by atoms with Gasteiger partial charge in [0.05, 0.1) is 20.2 Å². The summed E-state index contributed by atoms with van der Waals surface area (Å²) in [7, 11) is 1.58. The van der Waals surface area contributed by atoms with Gasteiger partial charge in [-0.15, -0.1) is 0 Å². The summed E-state index contributed by atoms with van der Waals surface area (Å²) >= 11 is 0. The third-order valence-corrected chi connectivity index (χ3v) is 2.46. The van der Waals surface area contributed by atoms with Crippen LogP contribution in [0.25, 0.3) is 0 Å². The van der Waals surface area contributed by atoms with Gasteiger partial charge in [-0.3, -0.25) is 14.9 Å². The highest BCUT2D eigenvalue weighted by Crippen LogP contribution is 2.14. The molecule has 0 atom stereocenters. The molecule has 0 aliphatic rings. The first-order chi connectivity index (χ1) is 9.80.